The van der Waals surface area contributed by atoms with Crippen molar-refractivity contribution in [3.8, 4) is 0 Å². The van der Waals surface area contributed by atoms with Crippen LogP contribution in [0.5, 0.6) is 0 Å². The molecule has 2 aromatic heterocycles. The van der Waals surface area contributed by atoms with E-state index < -0.39 is 13.9 Å². The fourth-order valence-electron chi connectivity index (χ4n) is 1.68. The van der Waals surface area contributed by atoms with Crippen molar-refractivity contribution in [2.75, 3.05) is 0 Å². The number of hydrogen-bond donors (Lipinski definition) is 0. The number of hydrogen-bond acceptors (Lipinski definition) is 4. The molecule has 0 aliphatic heterocycles. The summed E-state index contributed by atoms with van der Waals surface area (Å²) in [7, 11) is 8.75. The molecule has 7 heteroatoms. The first-order chi connectivity index (χ1) is 8.95. The van der Waals surface area contributed by atoms with E-state index in [9.17, 15) is 6.80 Å². The van der Waals surface area contributed by atoms with E-state index >= 15 is 0 Å². The number of pyridine rings is 2. The molecule has 0 saturated carbocycles. The van der Waals surface area contributed by atoms with Crippen LogP contribution in [0.2, 0.25) is 0 Å². The van der Waals surface area contributed by atoms with Gasteiger partial charge >= 0.3 is 39.5 Å². The van der Waals surface area contributed by atoms with Crippen LogP contribution in [0.4, 0.5) is 0 Å². The van der Waals surface area contributed by atoms with Gasteiger partial charge in [-0.05, 0) is 12.1 Å². The number of halogens is 2. The molecule has 0 atom stereocenters. The Labute approximate surface area is 120 Å². The van der Waals surface area contributed by atoms with E-state index in [0.717, 1.165) is 21.8 Å². The smallest absolute Gasteiger partial charge is 0.0964 e. The summed E-state index contributed by atoms with van der Waals surface area (Å²) in [6.07, 6.45) is 3.60. The molecule has 1 aromatic carbocycles. The number of rotatable bonds is 0. The van der Waals surface area contributed by atoms with Gasteiger partial charge in [-0.25, -0.2) is 0 Å². The second kappa shape index (κ2) is 5.91. The van der Waals surface area contributed by atoms with Crippen LogP contribution in [-0.4, -0.2) is 9.97 Å². The third-order valence-electron chi connectivity index (χ3n) is 2.34. The van der Waals surface area contributed by atoms with Crippen molar-refractivity contribution in [2.45, 2.75) is 0 Å². The summed E-state index contributed by atoms with van der Waals surface area (Å²) >= 11 is -4.58. The summed E-state index contributed by atoms with van der Waals surface area (Å²) < 4.78 is 18.5. The summed E-state index contributed by atoms with van der Waals surface area (Å²) in [5, 5.41) is 2.28. The Balaban J connectivity index is 0.000000232. The molecule has 0 spiro atoms. The molecule has 0 unspecified atom stereocenters. The molecule has 98 valence electrons. The molecule has 4 nitrogen and oxygen atoms in total. The van der Waals surface area contributed by atoms with E-state index in [2.05, 4.69) is 53.1 Å². The minimum absolute atomic E-state index is 0.977. The topological polar surface area (TPSA) is 59.9 Å². The molecule has 2 heterocycles. The maximum Gasteiger partial charge on any atom is 0.0964 e. The summed E-state index contributed by atoms with van der Waals surface area (Å²) in [6, 6.07) is 12.1. The summed E-state index contributed by atoms with van der Waals surface area (Å²) in [5.41, 5.74) is 1.95. The third-order valence-corrected chi connectivity index (χ3v) is 2.34. The van der Waals surface area contributed by atoms with Gasteiger partial charge in [-0.1, -0.05) is 24.3 Å². The monoisotopic (exact) mass is 380 g/mol. The average Bonchev–Trinajstić information content (AvgIpc) is 2.37. The van der Waals surface area contributed by atoms with Crippen LogP contribution in [0, 0.1) is 0 Å². The van der Waals surface area contributed by atoms with Gasteiger partial charge in [0.1, 0.15) is 0 Å². The first-order valence-electron chi connectivity index (χ1n) is 5.18. The molecule has 0 amide bonds. The minimum Gasteiger partial charge on any atom is -0.254 e. The van der Waals surface area contributed by atoms with Crippen molar-refractivity contribution in [3.63, 3.8) is 0 Å². The van der Waals surface area contributed by atoms with Crippen LogP contribution in [-0.2, 0) is 20.7 Å². The van der Waals surface area contributed by atoms with Crippen molar-refractivity contribution in [1.29, 1.82) is 0 Å². The standard InChI is InChI=1S/C12H8N2.2ClH.Mo.2O/c1-3-9-5-6-10-4-2-8-14-12(10)11(9)13-7-1;;;;;/h1-8H;2*1H;;;/q;;;+2;;/p-2. The van der Waals surface area contributed by atoms with E-state index in [1.807, 2.05) is 12.1 Å². The van der Waals surface area contributed by atoms with Gasteiger partial charge in [-0.3, -0.25) is 9.97 Å². The fraction of sp³-hybridized carbons (Fsp3) is 0. The van der Waals surface area contributed by atoms with Gasteiger partial charge in [0.05, 0.1) is 11.0 Å². The number of fused-ring (bicyclic) bond motifs is 3. The normalized spacial score (nSPS) is 11.1. The zero-order valence-electron chi connectivity index (χ0n) is 9.49. The third kappa shape index (κ3) is 4.20. The van der Waals surface area contributed by atoms with Crippen molar-refractivity contribution < 1.29 is 20.7 Å². The van der Waals surface area contributed by atoms with Gasteiger partial charge in [0.25, 0.3) is 0 Å². The zero-order valence-corrected chi connectivity index (χ0v) is 13.0. The van der Waals surface area contributed by atoms with Crippen molar-refractivity contribution in [3.05, 3.63) is 48.8 Å². The van der Waals surface area contributed by atoms with Gasteiger partial charge in [-0.15, -0.1) is 0 Å². The zero-order chi connectivity index (χ0) is 13.9. The summed E-state index contributed by atoms with van der Waals surface area (Å²) in [5.74, 6) is 0. The molecular weight excluding hydrogens is 371 g/mol. The molecular formula is C12H8Cl2MoN2O2. The van der Waals surface area contributed by atoms with Gasteiger partial charge in [0.15, 0.2) is 0 Å². The van der Waals surface area contributed by atoms with E-state index in [1.54, 1.807) is 12.4 Å². The average molecular weight is 379 g/mol. The molecule has 0 aliphatic carbocycles. The van der Waals surface area contributed by atoms with Gasteiger partial charge in [0, 0.05) is 23.2 Å². The predicted molar refractivity (Wildman–Crippen MR) is 70.1 cm³/mol. The van der Waals surface area contributed by atoms with Crippen LogP contribution >= 0.6 is 18.8 Å². The molecule has 0 bridgehead atoms. The van der Waals surface area contributed by atoms with Crippen LogP contribution < -0.4 is 0 Å². The largest absolute Gasteiger partial charge is 0.254 e. The Bertz CT molecular complexity index is 759. The number of nitrogens with zero attached hydrogens (tertiary/aromatic N) is 2. The maximum absolute atomic E-state index is 9.27. The molecule has 0 radical (unpaired) electrons. The van der Waals surface area contributed by atoms with Crippen molar-refractivity contribution >= 4 is 40.6 Å². The van der Waals surface area contributed by atoms with E-state index in [4.69, 9.17) is 0 Å². The Morgan fingerprint density at radius 1 is 0.789 bits per heavy atom. The Morgan fingerprint density at radius 2 is 1.16 bits per heavy atom. The molecule has 3 aromatic rings. The molecule has 0 N–H and O–H groups in total. The second-order valence-corrected chi connectivity index (χ2v) is 11.2. The number of benzene rings is 1. The van der Waals surface area contributed by atoms with E-state index in [0.29, 0.717) is 0 Å². The molecule has 19 heavy (non-hydrogen) atoms. The quantitative estimate of drug-likeness (QED) is 0.439. The first-order valence-corrected chi connectivity index (χ1v) is 12.0. The maximum atomic E-state index is 9.27. The van der Waals surface area contributed by atoms with Crippen LogP contribution in [0.25, 0.3) is 21.8 Å². The van der Waals surface area contributed by atoms with Crippen molar-refractivity contribution in [1.82, 2.24) is 9.97 Å². The molecule has 0 aliphatic rings. The van der Waals surface area contributed by atoms with E-state index in [-0.39, 0.29) is 0 Å². The van der Waals surface area contributed by atoms with Gasteiger partial charge in [0.2, 0.25) is 0 Å². The SMILES string of the molecule is [O]=[Mo](=[O])([Cl])[Cl].c1cnc2c(c1)ccc1cccnc12. The van der Waals surface area contributed by atoms with Crippen molar-refractivity contribution in [2.24, 2.45) is 0 Å². The Morgan fingerprint density at radius 3 is 1.53 bits per heavy atom. The summed E-state index contributed by atoms with van der Waals surface area (Å²) in [4.78, 5) is 8.69. The van der Waals surface area contributed by atoms with E-state index in [1.165, 1.54) is 0 Å². The molecule has 0 saturated heterocycles. The minimum atomic E-state index is -4.58. The molecule has 0 fully saturated rings. The first kappa shape index (κ1) is 14.3. The van der Waals surface area contributed by atoms with Crippen LogP contribution in [0.1, 0.15) is 0 Å². The Hall–Kier alpha value is -1.09. The second-order valence-electron chi connectivity index (χ2n) is 3.59. The predicted octanol–water partition coefficient (Wildman–Crippen LogP) is 3.92. The number of aromatic nitrogens is 2. The van der Waals surface area contributed by atoms with Crippen LogP contribution in [0.3, 0.4) is 0 Å². The molecule has 3 rings (SSSR count). The Kier molecular flexibility index (Phi) is 4.45. The van der Waals surface area contributed by atoms with Gasteiger partial charge < -0.3 is 0 Å². The van der Waals surface area contributed by atoms with Gasteiger partial charge in [-0.2, -0.15) is 0 Å². The summed E-state index contributed by atoms with van der Waals surface area (Å²) in [6.45, 7) is 0. The van der Waals surface area contributed by atoms with Crippen LogP contribution in [0.15, 0.2) is 48.8 Å². The fourth-order valence-corrected chi connectivity index (χ4v) is 1.68.